The number of anilines is 2. The highest BCUT2D eigenvalue weighted by atomic mass is 19.1. The fourth-order valence-corrected chi connectivity index (χ4v) is 6.63. The predicted molar refractivity (Wildman–Crippen MR) is 151 cm³/mol. The number of hydrogen-bond acceptors (Lipinski definition) is 4. The van der Waals surface area contributed by atoms with Gasteiger partial charge in [-0.25, -0.2) is 13.2 Å². The lowest BCUT2D eigenvalue weighted by Crippen LogP contribution is -2.51. The molecule has 1 N–H and O–H groups in total. The molecular formula is C32H31F3N4O2. The third-order valence-electron chi connectivity index (χ3n) is 8.49. The van der Waals surface area contributed by atoms with Gasteiger partial charge in [0.1, 0.15) is 17.4 Å². The van der Waals surface area contributed by atoms with Crippen LogP contribution in [0.1, 0.15) is 53.5 Å². The largest absolute Gasteiger partial charge is 0.494 e. The zero-order valence-corrected chi connectivity index (χ0v) is 22.6. The lowest BCUT2D eigenvalue weighted by molar-refractivity contribution is 0.0639. The number of benzene rings is 3. The van der Waals surface area contributed by atoms with Gasteiger partial charge in [0.15, 0.2) is 12.0 Å². The van der Waals surface area contributed by atoms with E-state index in [9.17, 15) is 13.6 Å². The molecule has 1 amide bonds. The number of rotatable bonds is 6. The van der Waals surface area contributed by atoms with Gasteiger partial charge in [-0.2, -0.15) is 0 Å². The third-order valence-corrected chi connectivity index (χ3v) is 8.49. The van der Waals surface area contributed by atoms with Gasteiger partial charge in [-0.05, 0) is 86.8 Å². The smallest absolute Gasteiger partial charge is 0.258 e. The van der Waals surface area contributed by atoms with Crippen LogP contribution in [0.4, 0.5) is 24.5 Å². The Balaban J connectivity index is 1.24. The first-order chi connectivity index (χ1) is 20.0. The van der Waals surface area contributed by atoms with E-state index in [1.54, 1.807) is 15.9 Å². The molecule has 4 heterocycles. The van der Waals surface area contributed by atoms with Crippen LogP contribution in [0, 0.1) is 17.5 Å². The van der Waals surface area contributed by atoms with Gasteiger partial charge in [0.05, 0.1) is 23.6 Å². The summed E-state index contributed by atoms with van der Waals surface area (Å²) < 4.78 is 50.2. The molecule has 0 spiro atoms. The predicted octanol–water partition coefficient (Wildman–Crippen LogP) is 6.69. The third kappa shape index (κ3) is 4.62. The number of ether oxygens (including phenoxy) is 1. The van der Waals surface area contributed by atoms with Crippen molar-refractivity contribution in [3.63, 3.8) is 0 Å². The average Bonchev–Trinajstić information content (AvgIpc) is 3.35. The number of carbonyl (C=O) groups excluding carboxylic acids is 1. The van der Waals surface area contributed by atoms with Crippen molar-refractivity contribution in [2.24, 2.45) is 0 Å². The number of piperidine rings is 1. The van der Waals surface area contributed by atoms with E-state index in [-0.39, 0.29) is 11.3 Å². The van der Waals surface area contributed by atoms with Crippen molar-refractivity contribution >= 4 is 28.2 Å². The van der Waals surface area contributed by atoms with Crippen LogP contribution >= 0.6 is 0 Å². The highest BCUT2D eigenvalue weighted by Gasteiger charge is 2.45. The Morgan fingerprint density at radius 2 is 1.78 bits per heavy atom. The maximum Gasteiger partial charge on any atom is 0.258 e. The Morgan fingerprint density at radius 1 is 0.927 bits per heavy atom. The topological polar surface area (TPSA) is 51.8 Å². The van der Waals surface area contributed by atoms with E-state index in [2.05, 4.69) is 9.88 Å². The zero-order valence-electron chi connectivity index (χ0n) is 22.6. The van der Waals surface area contributed by atoms with Crippen LogP contribution < -0.4 is 9.64 Å². The Kier molecular flexibility index (Phi) is 6.61. The first kappa shape index (κ1) is 26.0. The number of nitrogens with zero attached hydrogens (tertiary/aromatic N) is 3. The number of nitrogens with one attached hydrogen (secondary N) is 1. The molecule has 6 nitrogen and oxygen atoms in total. The van der Waals surface area contributed by atoms with Crippen LogP contribution in [0.15, 0.2) is 54.6 Å². The van der Waals surface area contributed by atoms with Crippen LogP contribution in [0.2, 0.25) is 0 Å². The molecule has 0 radical (unpaired) electrons. The Labute approximate surface area is 236 Å². The van der Waals surface area contributed by atoms with Crippen molar-refractivity contribution in [3.8, 4) is 5.75 Å². The van der Waals surface area contributed by atoms with Gasteiger partial charge < -0.3 is 24.4 Å². The number of likely N-dealkylation sites (tertiary alicyclic amines) is 1. The van der Waals surface area contributed by atoms with Crippen molar-refractivity contribution in [2.45, 2.75) is 38.3 Å². The second-order valence-corrected chi connectivity index (χ2v) is 11.1. The summed E-state index contributed by atoms with van der Waals surface area (Å²) in [4.78, 5) is 22.7. The number of aromatic amines is 1. The van der Waals surface area contributed by atoms with E-state index < -0.39 is 29.5 Å². The summed E-state index contributed by atoms with van der Waals surface area (Å²) in [6.07, 6.45) is 4.61. The highest BCUT2D eigenvalue weighted by Crippen LogP contribution is 2.48. The molecule has 3 aliphatic rings. The Morgan fingerprint density at radius 3 is 2.61 bits per heavy atom. The number of carbonyl (C=O) groups is 1. The molecule has 0 aliphatic carbocycles. The van der Waals surface area contributed by atoms with Crippen molar-refractivity contribution in [1.82, 2.24) is 14.8 Å². The summed E-state index contributed by atoms with van der Waals surface area (Å²) >= 11 is 0. The number of amides is 1. The molecule has 1 saturated heterocycles. The molecule has 41 heavy (non-hydrogen) atoms. The minimum Gasteiger partial charge on any atom is -0.494 e. The minimum atomic E-state index is -0.874. The van der Waals surface area contributed by atoms with E-state index in [4.69, 9.17) is 4.74 Å². The lowest BCUT2D eigenvalue weighted by atomic mass is 9.94. The standard InChI is InChI=1S/C32H31F3N4O2/c33-20-6-4-7-22(16-20)39-30-26(17-21(34)18-27(30)35)32(40)38-14-10-24-25-19-23(8-9-28(25)36-29(24)31(38)39)41-15-5-13-37-11-2-1-3-12-37/h4,6-9,16-19,31,36H,1-3,5,10-15H2. The summed E-state index contributed by atoms with van der Waals surface area (Å²) in [5, 5.41) is 0.977. The van der Waals surface area contributed by atoms with Gasteiger partial charge in [-0.15, -0.1) is 0 Å². The summed E-state index contributed by atoms with van der Waals surface area (Å²) in [7, 11) is 0. The van der Waals surface area contributed by atoms with Gasteiger partial charge in [-0.1, -0.05) is 12.5 Å². The maximum atomic E-state index is 15.4. The SMILES string of the molecule is O=C1c2cc(F)cc(F)c2N(c2cccc(F)c2)C2c3[nH]c4ccc(OCCCN5CCCCC5)cc4c3CCN12. The molecule has 7 rings (SSSR count). The van der Waals surface area contributed by atoms with Gasteiger partial charge in [0.2, 0.25) is 0 Å². The van der Waals surface area contributed by atoms with Crippen LogP contribution in [0.25, 0.3) is 10.9 Å². The summed E-state index contributed by atoms with van der Waals surface area (Å²) in [6, 6.07) is 13.5. The molecule has 1 unspecified atom stereocenters. The summed E-state index contributed by atoms with van der Waals surface area (Å²) in [5.41, 5.74) is 2.81. The van der Waals surface area contributed by atoms with Gasteiger partial charge in [0, 0.05) is 35.7 Å². The lowest BCUT2D eigenvalue weighted by Gasteiger charge is -2.47. The number of hydrogen-bond donors (Lipinski definition) is 1. The average molecular weight is 561 g/mol. The molecule has 1 atom stereocenters. The maximum absolute atomic E-state index is 15.4. The summed E-state index contributed by atoms with van der Waals surface area (Å²) in [6.45, 7) is 4.33. The highest BCUT2D eigenvalue weighted by molar-refractivity contribution is 6.04. The second-order valence-electron chi connectivity index (χ2n) is 11.1. The monoisotopic (exact) mass is 560 g/mol. The van der Waals surface area contributed by atoms with Gasteiger partial charge >= 0.3 is 0 Å². The van der Waals surface area contributed by atoms with Crippen LogP contribution in [-0.4, -0.2) is 53.5 Å². The molecule has 1 fully saturated rings. The van der Waals surface area contributed by atoms with E-state index >= 15 is 4.39 Å². The van der Waals surface area contributed by atoms with Gasteiger partial charge in [0.25, 0.3) is 5.91 Å². The molecular weight excluding hydrogens is 529 g/mol. The van der Waals surface area contributed by atoms with Crippen molar-refractivity contribution in [3.05, 3.63) is 88.9 Å². The van der Waals surface area contributed by atoms with Crippen molar-refractivity contribution in [1.29, 1.82) is 0 Å². The van der Waals surface area contributed by atoms with Crippen LogP contribution in [0.5, 0.6) is 5.75 Å². The molecule has 212 valence electrons. The quantitative estimate of drug-likeness (QED) is 0.267. The molecule has 0 bridgehead atoms. The first-order valence-corrected chi connectivity index (χ1v) is 14.3. The first-order valence-electron chi connectivity index (χ1n) is 14.3. The minimum absolute atomic E-state index is 0.0625. The fourth-order valence-electron chi connectivity index (χ4n) is 6.63. The zero-order chi connectivity index (χ0) is 28.1. The van der Waals surface area contributed by atoms with Crippen molar-refractivity contribution in [2.75, 3.05) is 37.7 Å². The van der Waals surface area contributed by atoms with Crippen LogP contribution in [-0.2, 0) is 6.42 Å². The number of fused-ring (bicyclic) bond motifs is 6. The molecule has 3 aliphatic heterocycles. The van der Waals surface area contributed by atoms with Crippen LogP contribution in [0.3, 0.4) is 0 Å². The number of aromatic nitrogens is 1. The Hall–Kier alpha value is -3.98. The summed E-state index contributed by atoms with van der Waals surface area (Å²) in [5.74, 6) is -1.89. The molecule has 9 heteroatoms. The van der Waals surface area contributed by atoms with E-state index in [0.29, 0.717) is 25.3 Å². The fraction of sp³-hybridized carbons (Fsp3) is 0.344. The normalized spacial score (nSPS) is 18.8. The van der Waals surface area contributed by atoms with E-state index in [1.807, 2.05) is 18.2 Å². The number of H-pyrrole nitrogens is 1. The van der Waals surface area contributed by atoms with E-state index in [0.717, 1.165) is 66.1 Å². The van der Waals surface area contributed by atoms with Gasteiger partial charge in [-0.3, -0.25) is 4.79 Å². The second kappa shape index (κ2) is 10.4. The molecule has 0 saturated carbocycles. The molecule has 4 aromatic rings. The Bertz CT molecular complexity index is 1630. The molecule has 1 aromatic heterocycles. The van der Waals surface area contributed by atoms with Crippen molar-refractivity contribution < 1.29 is 22.7 Å². The number of halogens is 3. The van der Waals surface area contributed by atoms with E-state index in [1.165, 1.54) is 37.5 Å². The molecule has 3 aromatic carbocycles.